The van der Waals surface area contributed by atoms with E-state index in [0.29, 0.717) is 12.4 Å². The molecule has 0 unspecified atom stereocenters. The van der Waals surface area contributed by atoms with Gasteiger partial charge in [0.1, 0.15) is 0 Å². The van der Waals surface area contributed by atoms with Crippen molar-refractivity contribution in [2.75, 3.05) is 11.1 Å². The predicted molar refractivity (Wildman–Crippen MR) is 110 cm³/mol. The maximum atomic E-state index is 5.91. The van der Waals surface area contributed by atoms with Crippen LogP contribution in [0.4, 0.5) is 11.8 Å². The number of nitrogens with two attached hydrogens (primary N) is 1. The summed E-state index contributed by atoms with van der Waals surface area (Å²) in [6.45, 7) is 4.82. The van der Waals surface area contributed by atoms with Crippen molar-refractivity contribution in [2.24, 2.45) is 0 Å². The molecule has 3 aromatic rings. The summed E-state index contributed by atoms with van der Waals surface area (Å²) in [5, 5.41) is 3.36. The molecular formula is C21H24N6. The molecule has 2 aromatic heterocycles. The molecule has 0 atom stereocenters. The first-order valence-corrected chi connectivity index (χ1v) is 9.32. The van der Waals surface area contributed by atoms with E-state index in [-0.39, 0.29) is 12.0 Å². The molecule has 0 saturated carbocycles. The first-order chi connectivity index (χ1) is 13.1. The fourth-order valence-corrected chi connectivity index (χ4v) is 3.26. The highest BCUT2D eigenvalue weighted by atomic mass is 15.2. The highest BCUT2D eigenvalue weighted by Crippen LogP contribution is 2.24. The zero-order chi connectivity index (χ0) is 18.8. The Morgan fingerprint density at radius 3 is 2.67 bits per heavy atom. The van der Waals surface area contributed by atoms with Gasteiger partial charge in [-0.1, -0.05) is 42.5 Å². The van der Waals surface area contributed by atoms with Gasteiger partial charge in [-0.3, -0.25) is 0 Å². The van der Waals surface area contributed by atoms with Crippen molar-refractivity contribution in [1.29, 1.82) is 0 Å². The SMILES string of the molecule is CC(C)n1cnc2c(NCc3ccc(C4=CCCC=C4)cc3)nc(N)nc21. The molecule has 0 fully saturated rings. The van der Waals surface area contributed by atoms with Gasteiger partial charge < -0.3 is 15.6 Å². The molecule has 2 heterocycles. The number of imidazole rings is 1. The van der Waals surface area contributed by atoms with E-state index >= 15 is 0 Å². The lowest BCUT2D eigenvalue weighted by molar-refractivity contribution is 0.613. The number of hydrogen-bond donors (Lipinski definition) is 2. The van der Waals surface area contributed by atoms with Crippen LogP contribution in [0.2, 0.25) is 0 Å². The second-order valence-electron chi connectivity index (χ2n) is 7.04. The minimum atomic E-state index is 0.249. The highest BCUT2D eigenvalue weighted by molar-refractivity contribution is 5.84. The topological polar surface area (TPSA) is 81.7 Å². The summed E-state index contributed by atoms with van der Waals surface area (Å²) in [5.74, 6) is 0.915. The van der Waals surface area contributed by atoms with Gasteiger partial charge in [0.15, 0.2) is 17.0 Å². The molecule has 27 heavy (non-hydrogen) atoms. The fourth-order valence-electron chi connectivity index (χ4n) is 3.26. The van der Waals surface area contributed by atoms with Crippen molar-refractivity contribution in [1.82, 2.24) is 19.5 Å². The largest absolute Gasteiger partial charge is 0.368 e. The van der Waals surface area contributed by atoms with Gasteiger partial charge in [-0.05, 0) is 43.4 Å². The third-order valence-electron chi connectivity index (χ3n) is 4.74. The van der Waals surface area contributed by atoms with E-state index in [4.69, 9.17) is 5.73 Å². The Kier molecular flexibility index (Phi) is 4.62. The van der Waals surface area contributed by atoms with Crippen LogP contribution in [-0.2, 0) is 6.54 Å². The number of benzene rings is 1. The van der Waals surface area contributed by atoms with Crippen molar-refractivity contribution in [3.8, 4) is 0 Å². The molecule has 0 amide bonds. The van der Waals surface area contributed by atoms with Crippen LogP contribution in [0, 0.1) is 0 Å². The molecule has 6 heteroatoms. The third-order valence-corrected chi connectivity index (χ3v) is 4.74. The van der Waals surface area contributed by atoms with Crippen LogP contribution in [-0.4, -0.2) is 19.5 Å². The van der Waals surface area contributed by atoms with E-state index in [9.17, 15) is 0 Å². The molecule has 0 radical (unpaired) electrons. The predicted octanol–water partition coefficient (Wildman–Crippen LogP) is 4.33. The normalized spacial score (nSPS) is 14.0. The van der Waals surface area contributed by atoms with E-state index in [1.54, 1.807) is 6.33 Å². The Morgan fingerprint density at radius 2 is 1.96 bits per heavy atom. The lowest BCUT2D eigenvalue weighted by atomic mass is 9.99. The monoisotopic (exact) mass is 360 g/mol. The Bertz CT molecular complexity index is 1010. The summed E-state index contributed by atoms with van der Waals surface area (Å²) in [4.78, 5) is 13.2. The van der Waals surface area contributed by atoms with Crippen LogP contribution in [0.25, 0.3) is 16.7 Å². The second kappa shape index (κ2) is 7.23. The summed E-state index contributed by atoms with van der Waals surface area (Å²) in [5.41, 5.74) is 11.1. The molecule has 1 aromatic carbocycles. The van der Waals surface area contributed by atoms with E-state index in [2.05, 4.69) is 76.6 Å². The number of nitrogens with one attached hydrogen (secondary N) is 1. The smallest absolute Gasteiger partial charge is 0.224 e. The van der Waals surface area contributed by atoms with Crippen LogP contribution < -0.4 is 11.1 Å². The van der Waals surface area contributed by atoms with Crippen LogP contribution in [0.1, 0.15) is 43.9 Å². The van der Waals surface area contributed by atoms with Gasteiger partial charge in [-0.15, -0.1) is 0 Å². The molecule has 0 spiro atoms. The van der Waals surface area contributed by atoms with Gasteiger partial charge in [0.25, 0.3) is 0 Å². The van der Waals surface area contributed by atoms with Crippen LogP contribution in [0.5, 0.6) is 0 Å². The number of rotatable bonds is 5. The standard InChI is InChI=1S/C21H24N6/c1-14(2)27-13-24-18-19(25-21(22)26-20(18)27)23-12-15-8-10-17(11-9-15)16-6-4-3-5-7-16/h4,6-11,13-14H,3,5,12H2,1-2H3,(H3,22,23,25,26). The average Bonchev–Trinajstić information content (AvgIpc) is 3.11. The maximum absolute atomic E-state index is 5.91. The summed E-state index contributed by atoms with van der Waals surface area (Å²) < 4.78 is 2.00. The lowest BCUT2D eigenvalue weighted by Gasteiger charge is -2.11. The van der Waals surface area contributed by atoms with E-state index in [1.807, 2.05) is 4.57 Å². The van der Waals surface area contributed by atoms with Gasteiger partial charge in [0, 0.05) is 12.6 Å². The number of nitrogen functional groups attached to an aromatic ring is 1. The molecule has 1 aliphatic carbocycles. The lowest BCUT2D eigenvalue weighted by Crippen LogP contribution is -2.07. The molecule has 4 rings (SSSR count). The molecule has 3 N–H and O–H groups in total. The molecule has 0 aliphatic heterocycles. The number of aromatic nitrogens is 4. The van der Waals surface area contributed by atoms with Gasteiger partial charge in [0.05, 0.1) is 6.33 Å². The number of nitrogens with zero attached hydrogens (tertiary/aromatic N) is 4. The Hall–Kier alpha value is -3.15. The molecule has 0 bridgehead atoms. The Labute approximate surface area is 158 Å². The minimum absolute atomic E-state index is 0.249. The second-order valence-corrected chi connectivity index (χ2v) is 7.04. The molecule has 0 saturated heterocycles. The van der Waals surface area contributed by atoms with Crippen molar-refractivity contribution < 1.29 is 0 Å². The number of hydrogen-bond acceptors (Lipinski definition) is 5. The number of allylic oxidation sites excluding steroid dienone is 4. The highest BCUT2D eigenvalue weighted by Gasteiger charge is 2.13. The van der Waals surface area contributed by atoms with Gasteiger partial charge >= 0.3 is 0 Å². The summed E-state index contributed by atoms with van der Waals surface area (Å²) >= 11 is 0. The fraction of sp³-hybridized carbons (Fsp3) is 0.286. The Morgan fingerprint density at radius 1 is 1.15 bits per heavy atom. The average molecular weight is 360 g/mol. The summed E-state index contributed by atoms with van der Waals surface area (Å²) in [6.07, 6.45) is 10.7. The zero-order valence-electron chi connectivity index (χ0n) is 15.7. The summed E-state index contributed by atoms with van der Waals surface area (Å²) in [6, 6.07) is 8.86. The van der Waals surface area contributed by atoms with Crippen LogP contribution >= 0.6 is 0 Å². The van der Waals surface area contributed by atoms with Crippen molar-refractivity contribution in [3.05, 3.63) is 59.9 Å². The van der Waals surface area contributed by atoms with E-state index in [0.717, 1.165) is 24.0 Å². The minimum Gasteiger partial charge on any atom is -0.368 e. The van der Waals surface area contributed by atoms with E-state index < -0.39 is 0 Å². The summed E-state index contributed by atoms with van der Waals surface area (Å²) in [7, 11) is 0. The van der Waals surface area contributed by atoms with Crippen molar-refractivity contribution >= 4 is 28.5 Å². The van der Waals surface area contributed by atoms with Crippen molar-refractivity contribution in [3.63, 3.8) is 0 Å². The van der Waals surface area contributed by atoms with Crippen molar-refractivity contribution in [2.45, 2.75) is 39.3 Å². The molecule has 1 aliphatic rings. The zero-order valence-corrected chi connectivity index (χ0v) is 15.7. The van der Waals surface area contributed by atoms with Crippen LogP contribution in [0.3, 0.4) is 0 Å². The maximum Gasteiger partial charge on any atom is 0.224 e. The first-order valence-electron chi connectivity index (χ1n) is 9.32. The van der Waals surface area contributed by atoms with Gasteiger partial charge in [-0.2, -0.15) is 9.97 Å². The third kappa shape index (κ3) is 3.56. The van der Waals surface area contributed by atoms with Gasteiger partial charge in [-0.25, -0.2) is 4.98 Å². The quantitative estimate of drug-likeness (QED) is 0.707. The molecular weight excluding hydrogens is 336 g/mol. The first kappa shape index (κ1) is 17.3. The number of fused-ring (bicyclic) bond motifs is 1. The van der Waals surface area contributed by atoms with Gasteiger partial charge in [0.2, 0.25) is 5.95 Å². The molecule has 6 nitrogen and oxygen atoms in total. The van der Waals surface area contributed by atoms with E-state index in [1.165, 1.54) is 16.7 Å². The van der Waals surface area contributed by atoms with Crippen LogP contribution in [0.15, 0.2) is 48.8 Å². The Balaban J connectivity index is 1.53. The molecule has 138 valence electrons. The number of anilines is 2.